The summed E-state index contributed by atoms with van der Waals surface area (Å²) in [7, 11) is 0. The van der Waals surface area contributed by atoms with Gasteiger partial charge >= 0.3 is 50.6 Å². The summed E-state index contributed by atoms with van der Waals surface area (Å²) < 4.78 is 0. The molecule has 0 atom stereocenters. The van der Waals surface area contributed by atoms with Crippen LogP contribution in [0.25, 0.3) is 0 Å². The van der Waals surface area contributed by atoms with Gasteiger partial charge in [0.15, 0.2) is 0 Å². The Labute approximate surface area is 72.5 Å². The van der Waals surface area contributed by atoms with Gasteiger partial charge in [0, 0.05) is 0 Å². The monoisotopic (exact) mass is 237 g/mol. The Morgan fingerprint density at radius 3 is 0.429 bits per heavy atom. The molecule has 0 bridgehead atoms. The van der Waals surface area contributed by atoms with E-state index in [0.29, 0.717) is 0 Å². The van der Waals surface area contributed by atoms with E-state index in [1.54, 1.807) is 0 Å². The molecule has 0 spiro atoms. The van der Waals surface area contributed by atoms with Crippen LogP contribution in [0.4, 0.5) is 0 Å². The summed E-state index contributed by atoms with van der Waals surface area (Å²) >= 11 is 0. The minimum atomic E-state index is 0. The Morgan fingerprint density at radius 2 is 0.429 bits per heavy atom. The molecule has 0 amide bonds. The molecule has 0 saturated heterocycles. The molecule has 0 saturated carbocycles. The summed E-state index contributed by atoms with van der Waals surface area (Å²) in [6, 6.07) is 0. The molecule has 0 heterocycles. The van der Waals surface area contributed by atoms with Crippen molar-refractivity contribution < 1.29 is 72.5 Å². The summed E-state index contributed by atoms with van der Waals surface area (Å²) in [5.74, 6) is 0. The first-order chi connectivity index (χ1) is 0. The third kappa shape index (κ3) is 113. The molecule has 7 heteroatoms. The van der Waals surface area contributed by atoms with E-state index in [9.17, 15) is 0 Å². The molecular weight excluding hydrogens is 237 g/mol. The maximum atomic E-state index is 0. The smallest absolute Gasteiger partial charge is 2.00 e. The Bertz CT molecular complexity index is 9.65. The zero-order chi connectivity index (χ0) is 0. The molecule has 0 aromatic heterocycles. The van der Waals surface area contributed by atoms with E-state index < -0.39 is 0 Å². The molecular formula is Co2MnO4. The van der Waals surface area contributed by atoms with E-state index in [4.69, 9.17) is 0 Å². The molecule has 0 aliphatic rings. The first-order valence-electron chi connectivity index (χ1n) is 0. The van der Waals surface area contributed by atoms with E-state index in [1.807, 2.05) is 0 Å². The fraction of sp³-hybridized carbons (Fsp3) is 0. The van der Waals surface area contributed by atoms with Crippen molar-refractivity contribution in [3.05, 3.63) is 0 Å². The first-order valence-corrected chi connectivity index (χ1v) is 0. The van der Waals surface area contributed by atoms with Crippen molar-refractivity contribution in [2.24, 2.45) is 0 Å². The van der Waals surface area contributed by atoms with E-state index in [1.165, 1.54) is 0 Å². The number of rotatable bonds is 0. The van der Waals surface area contributed by atoms with Gasteiger partial charge < -0.3 is 21.9 Å². The average molecular weight is 237 g/mol. The van der Waals surface area contributed by atoms with Crippen molar-refractivity contribution in [2.75, 3.05) is 0 Å². The molecule has 0 aliphatic carbocycles. The molecule has 0 aliphatic heterocycles. The number of hydrogen-bond donors (Lipinski definition) is 0. The summed E-state index contributed by atoms with van der Waals surface area (Å²) in [5, 5.41) is 0. The molecule has 0 unspecified atom stereocenters. The van der Waals surface area contributed by atoms with Crippen LogP contribution in [0.3, 0.4) is 0 Å². The Hall–Kier alpha value is 1.37. The van der Waals surface area contributed by atoms with Crippen molar-refractivity contribution >= 4 is 0 Å². The van der Waals surface area contributed by atoms with Crippen LogP contribution in [0.5, 0.6) is 0 Å². The van der Waals surface area contributed by atoms with Gasteiger partial charge in [-0.15, -0.1) is 0 Å². The molecule has 0 rings (SSSR count). The summed E-state index contributed by atoms with van der Waals surface area (Å²) in [5.41, 5.74) is 0. The van der Waals surface area contributed by atoms with Gasteiger partial charge in [0.2, 0.25) is 0 Å². The zero-order valence-electron chi connectivity index (χ0n) is 2.68. The van der Waals surface area contributed by atoms with Gasteiger partial charge in [-0.05, 0) is 0 Å². The summed E-state index contributed by atoms with van der Waals surface area (Å²) in [6.45, 7) is 0. The molecule has 49 valence electrons. The molecule has 0 fully saturated rings. The van der Waals surface area contributed by atoms with Crippen LogP contribution in [0, 0.1) is 0 Å². The second-order valence-corrected chi connectivity index (χ2v) is 0. The first kappa shape index (κ1) is 242. The fourth-order valence-electron chi connectivity index (χ4n) is 0. The fourth-order valence-corrected chi connectivity index (χ4v) is 0. The van der Waals surface area contributed by atoms with Gasteiger partial charge in [-0.25, -0.2) is 0 Å². The Kier molecular flexibility index (Phi) is 5490. The van der Waals surface area contributed by atoms with Crippen molar-refractivity contribution in [1.29, 1.82) is 0 Å². The van der Waals surface area contributed by atoms with E-state index in [-0.39, 0.29) is 72.5 Å². The number of hydrogen-bond acceptors (Lipinski definition) is 0. The van der Waals surface area contributed by atoms with Crippen molar-refractivity contribution in [2.45, 2.75) is 0 Å². The van der Waals surface area contributed by atoms with Crippen LogP contribution in [-0.2, 0) is 72.5 Å². The minimum Gasteiger partial charge on any atom is -2.00 e. The SMILES string of the molecule is [Co+3].[Co+3].[Mn+2].[O-2].[O-2].[O-2].[O-2]. The van der Waals surface area contributed by atoms with Crippen LogP contribution in [0.15, 0.2) is 0 Å². The van der Waals surface area contributed by atoms with Crippen LogP contribution in [-0.4, -0.2) is 0 Å². The molecule has 0 aromatic rings. The van der Waals surface area contributed by atoms with Gasteiger partial charge in [0.25, 0.3) is 0 Å². The average Bonchev–Trinajstić information content (AvgIpc) is 0. The van der Waals surface area contributed by atoms with Crippen molar-refractivity contribution in [3.63, 3.8) is 0 Å². The molecule has 0 aromatic carbocycles. The van der Waals surface area contributed by atoms with Crippen LogP contribution in [0.1, 0.15) is 0 Å². The predicted molar refractivity (Wildman–Crippen MR) is 2.75 cm³/mol. The maximum Gasteiger partial charge on any atom is 3.00 e. The standard InChI is InChI=1S/2Co.Mn.4O/q2*+3;+2;4*-2. The Balaban J connectivity index is 0. The quantitative estimate of drug-likeness (QED) is 0.506. The summed E-state index contributed by atoms with van der Waals surface area (Å²) in [4.78, 5) is 0. The molecule has 0 N–H and O–H groups in total. The van der Waals surface area contributed by atoms with Gasteiger partial charge in [0.05, 0.1) is 0 Å². The third-order valence-electron chi connectivity index (χ3n) is 0. The van der Waals surface area contributed by atoms with Crippen LogP contribution >= 0.6 is 0 Å². The predicted octanol–water partition coefficient (Wildman–Crippen LogP) is -0.483. The van der Waals surface area contributed by atoms with Crippen LogP contribution in [0.2, 0.25) is 0 Å². The Morgan fingerprint density at radius 1 is 0.429 bits per heavy atom. The van der Waals surface area contributed by atoms with Gasteiger partial charge in [-0.3, -0.25) is 0 Å². The second-order valence-electron chi connectivity index (χ2n) is 0. The zero-order valence-corrected chi connectivity index (χ0v) is 5.94. The van der Waals surface area contributed by atoms with E-state index in [2.05, 4.69) is 0 Å². The topological polar surface area (TPSA) is 114 Å². The molecule has 4 nitrogen and oxygen atoms in total. The van der Waals surface area contributed by atoms with Crippen molar-refractivity contribution in [3.8, 4) is 0 Å². The van der Waals surface area contributed by atoms with Crippen LogP contribution < -0.4 is 0 Å². The van der Waals surface area contributed by atoms with Gasteiger partial charge in [-0.1, -0.05) is 0 Å². The largest absolute Gasteiger partial charge is 3.00 e. The van der Waals surface area contributed by atoms with E-state index in [0.717, 1.165) is 0 Å². The summed E-state index contributed by atoms with van der Waals surface area (Å²) in [6.07, 6.45) is 0. The maximum absolute atomic E-state index is 0. The van der Waals surface area contributed by atoms with Gasteiger partial charge in [0.1, 0.15) is 0 Å². The third-order valence-corrected chi connectivity index (χ3v) is 0. The normalized spacial score (nSPS) is 0. The van der Waals surface area contributed by atoms with Crippen molar-refractivity contribution in [1.82, 2.24) is 0 Å². The van der Waals surface area contributed by atoms with Gasteiger partial charge in [-0.2, -0.15) is 0 Å². The van der Waals surface area contributed by atoms with E-state index >= 15 is 0 Å². The molecule has 1 radical (unpaired) electrons. The second kappa shape index (κ2) is 159. The molecule has 7 heavy (non-hydrogen) atoms. The minimum absolute atomic E-state index is 0.